The monoisotopic (exact) mass is 278 g/mol. The third-order valence-corrected chi connectivity index (χ3v) is 2.23. The number of oxime groups is 1. The smallest absolute Gasteiger partial charge is 0.129 e. The summed E-state index contributed by atoms with van der Waals surface area (Å²) in [6, 6.07) is 0. The Bertz CT molecular complexity index is 291. The molecule has 0 bridgehead atoms. The molecule has 0 aliphatic heterocycles. The zero-order chi connectivity index (χ0) is 8.43. The highest BCUT2D eigenvalue weighted by Gasteiger charge is 2.13. The third-order valence-electron chi connectivity index (χ3n) is 1.14. The Balaban J connectivity index is 3.10. The summed E-state index contributed by atoms with van der Waals surface area (Å²) in [5, 5.41) is 18.7. The van der Waals surface area contributed by atoms with E-state index in [2.05, 4.69) is 37.0 Å². The summed E-state index contributed by atoms with van der Waals surface area (Å²) < 4.78 is 1.37. The zero-order valence-corrected chi connectivity index (χ0v) is 8.48. The quantitative estimate of drug-likeness (QED) is 0.399. The third kappa shape index (κ3) is 1.78. The van der Waals surface area contributed by atoms with Gasteiger partial charge in [-0.25, -0.2) is 0 Å². The van der Waals surface area contributed by atoms with Gasteiger partial charge in [0.15, 0.2) is 0 Å². The highest BCUT2D eigenvalue weighted by Crippen LogP contribution is 2.21. The molecule has 0 aromatic heterocycles. The largest absolute Gasteiger partial charge is 0.410 e. The Morgan fingerprint density at radius 3 is 2.55 bits per heavy atom. The Kier molecular flexibility index (Phi) is 2.62. The molecule has 1 aliphatic carbocycles. The molecule has 0 aromatic carbocycles. The van der Waals surface area contributed by atoms with Gasteiger partial charge in [-0.05, 0) is 28.1 Å². The van der Waals surface area contributed by atoms with Crippen LogP contribution in [0.25, 0.3) is 0 Å². The molecule has 0 amide bonds. The second-order valence-corrected chi connectivity index (χ2v) is 3.65. The molecule has 11 heavy (non-hydrogen) atoms. The van der Waals surface area contributed by atoms with Crippen LogP contribution in [0.1, 0.15) is 0 Å². The predicted octanol–water partition coefficient (Wildman–Crippen LogP) is 2.41. The maximum Gasteiger partial charge on any atom is 0.129 e. The second-order valence-electron chi connectivity index (χ2n) is 1.88. The summed E-state index contributed by atoms with van der Waals surface area (Å²) in [4.78, 5) is 0. The van der Waals surface area contributed by atoms with Crippen LogP contribution in [0.5, 0.6) is 0 Å². The van der Waals surface area contributed by atoms with Crippen LogP contribution >= 0.6 is 31.9 Å². The molecule has 0 fully saturated rings. The van der Waals surface area contributed by atoms with Crippen molar-refractivity contribution >= 4 is 43.3 Å². The molecule has 0 unspecified atom stereocenters. The van der Waals surface area contributed by atoms with E-state index in [1.54, 1.807) is 12.2 Å². The van der Waals surface area contributed by atoms with Crippen LogP contribution in [-0.2, 0) is 0 Å². The summed E-state index contributed by atoms with van der Waals surface area (Å²) >= 11 is 6.35. The van der Waals surface area contributed by atoms with Crippen LogP contribution in [-0.4, -0.2) is 16.6 Å². The minimum atomic E-state index is 0.177. The van der Waals surface area contributed by atoms with Gasteiger partial charge in [0, 0.05) is 8.96 Å². The summed E-state index contributed by atoms with van der Waals surface area (Å²) in [6.07, 6.45) is 3.28. The van der Waals surface area contributed by atoms with Gasteiger partial charge in [-0.15, -0.1) is 0 Å². The van der Waals surface area contributed by atoms with Gasteiger partial charge < -0.3 is 5.21 Å². The number of allylic oxidation sites excluding steroid dienone is 4. The van der Waals surface area contributed by atoms with E-state index in [0.29, 0.717) is 4.48 Å². The molecule has 1 rings (SSSR count). The summed E-state index contributed by atoms with van der Waals surface area (Å²) in [7, 11) is 0. The average Bonchev–Trinajstić information content (AvgIpc) is 1.96. The fourth-order valence-corrected chi connectivity index (χ4v) is 1.84. The van der Waals surface area contributed by atoms with Crippen LogP contribution < -0.4 is 0 Å². The maximum atomic E-state index is 8.43. The van der Waals surface area contributed by atoms with Crippen molar-refractivity contribution in [1.82, 2.24) is 0 Å². The highest BCUT2D eigenvalue weighted by atomic mass is 79.9. The number of hydrogen-bond acceptors (Lipinski definition) is 3. The fraction of sp³-hybridized carbons (Fsp3) is 0. The molecule has 1 aliphatic rings. The topological polar surface area (TPSA) is 56.4 Å². The molecule has 0 saturated carbocycles. The molecule has 0 radical (unpaired) electrons. The molecule has 0 atom stereocenters. The van der Waals surface area contributed by atoms with Crippen molar-refractivity contribution in [2.45, 2.75) is 0 Å². The Labute approximate surface area is 80.2 Å². The van der Waals surface area contributed by atoms with Gasteiger partial charge in [0.2, 0.25) is 0 Å². The second kappa shape index (κ2) is 3.32. The van der Waals surface area contributed by atoms with E-state index in [1.165, 1.54) is 0 Å². The van der Waals surface area contributed by atoms with E-state index >= 15 is 0 Å². The van der Waals surface area contributed by atoms with E-state index < -0.39 is 0 Å². The van der Waals surface area contributed by atoms with Crippen molar-refractivity contribution in [2.24, 2.45) is 5.16 Å². The molecular weight excluding hydrogens is 276 g/mol. The van der Waals surface area contributed by atoms with Gasteiger partial charge in [-0.2, -0.15) is 0 Å². The lowest BCUT2D eigenvalue weighted by molar-refractivity contribution is 0.320. The lowest BCUT2D eigenvalue weighted by atomic mass is 10.1. The molecule has 5 heteroatoms. The zero-order valence-electron chi connectivity index (χ0n) is 5.31. The van der Waals surface area contributed by atoms with Crippen molar-refractivity contribution in [3.63, 3.8) is 0 Å². The first-order valence-electron chi connectivity index (χ1n) is 2.71. The van der Waals surface area contributed by atoms with Crippen molar-refractivity contribution in [1.29, 1.82) is 5.41 Å². The fourth-order valence-electron chi connectivity index (χ4n) is 0.639. The molecule has 2 N–H and O–H groups in total. The average molecular weight is 280 g/mol. The van der Waals surface area contributed by atoms with Crippen LogP contribution in [0, 0.1) is 5.41 Å². The van der Waals surface area contributed by atoms with Crippen LogP contribution in [0.3, 0.4) is 0 Å². The van der Waals surface area contributed by atoms with Crippen molar-refractivity contribution < 1.29 is 5.21 Å². The molecule has 58 valence electrons. The first-order valence-corrected chi connectivity index (χ1v) is 4.29. The minimum absolute atomic E-state index is 0.177. The molecule has 0 spiro atoms. The van der Waals surface area contributed by atoms with Crippen molar-refractivity contribution in [2.75, 3.05) is 0 Å². The summed E-state index contributed by atoms with van der Waals surface area (Å²) in [5.41, 5.74) is 0.418. The Hall–Kier alpha value is -0.420. The van der Waals surface area contributed by atoms with Crippen LogP contribution in [0.4, 0.5) is 0 Å². The number of rotatable bonds is 0. The first kappa shape index (κ1) is 8.67. The van der Waals surface area contributed by atoms with Crippen molar-refractivity contribution in [3.05, 3.63) is 21.1 Å². The Morgan fingerprint density at radius 1 is 1.36 bits per heavy atom. The predicted molar refractivity (Wildman–Crippen MR) is 51.0 cm³/mol. The molecule has 0 heterocycles. The van der Waals surface area contributed by atoms with Crippen LogP contribution in [0.2, 0.25) is 0 Å². The molecule has 0 aromatic rings. The van der Waals surface area contributed by atoms with E-state index in [-0.39, 0.29) is 11.4 Å². The van der Waals surface area contributed by atoms with Crippen LogP contribution in [0.15, 0.2) is 26.3 Å². The van der Waals surface area contributed by atoms with E-state index in [9.17, 15) is 0 Å². The molecule has 0 saturated heterocycles. The van der Waals surface area contributed by atoms with Crippen molar-refractivity contribution in [3.8, 4) is 0 Å². The van der Waals surface area contributed by atoms with Gasteiger partial charge in [-0.1, -0.05) is 21.1 Å². The highest BCUT2D eigenvalue weighted by molar-refractivity contribution is 9.12. The molecule has 3 nitrogen and oxygen atoms in total. The number of nitrogens with zero attached hydrogens (tertiary/aromatic N) is 1. The normalized spacial score (nSPS) is 21.6. The number of halogens is 2. The lowest BCUT2D eigenvalue weighted by Gasteiger charge is -2.06. The Morgan fingerprint density at radius 2 is 2.00 bits per heavy atom. The van der Waals surface area contributed by atoms with Gasteiger partial charge in [-0.3, -0.25) is 5.41 Å². The summed E-state index contributed by atoms with van der Waals surface area (Å²) in [5.74, 6) is 0. The first-order chi connectivity index (χ1) is 5.15. The molecular formula is C6H4Br2N2O. The number of nitrogens with one attached hydrogen (secondary N) is 1. The van der Waals surface area contributed by atoms with Gasteiger partial charge in [0.25, 0.3) is 0 Å². The van der Waals surface area contributed by atoms with Gasteiger partial charge in [0.1, 0.15) is 5.71 Å². The van der Waals surface area contributed by atoms with E-state index in [1.807, 2.05) is 0 Å². The lowest BCUT2D eigenvalue weighted by Crippen LogP contribution is -2.13. The standard InChI is InChI=1S/C6H4Br2N2O/c7-3-1-4(8)6(9)5(2-3)10-11/h1-2,9,11H/b9-6?,10-5-. The van der Waals surface area contributed by atoms with Gasteiger partial charge in [0.05, 0.1) is 5.71 Å². The number of hydrogen-bond donors (Lipinski definition) is 2. The SMILES string of the molecule is N=C1C(Br)=CC(Br)=C/C1=N/O. The van der Waals surface area contributed by atoms with E-state index in [0.717, 1.165) is 4.48 Å². The van der Waals surface area contributed by atoms with Gasteiger partial charge >= 0.3 is 0 Å². The summed E-state index contributed by atoms with van der Waals surface area (Å²) in [6.45, 7) is 0. The maximum absolute atomic E-state index is 8.43. The van der Waals surface area contributed by atoms with E-state index in [4.69, 9.17) is 10.6 Å². The minimum Gasteiger partial charge on any atom is -0.410 e.